The quantitative estimate of drug-likeness (QED) is 0.665. The maximum atomic E-state index is 10.6. The summed E-state index contributed by atoms with van der Waals surface area (Å²) in [5.74, 6) is 1.42. The maximum absolute atomic E-state index is 10.6. The average molecular weight is 359 g/mol. The Morgan fingerprint density at radius 2 is 1.96 bits per heavy atom. The number of anilines is 1. The second-order valence-electron chi connectivity index (χ2n) is 7.06. The first-order chi connectivity index (χ1) is 13.3. The fourth-order valence-electron chi connectivity index (χ4n) is 3.98. The van der Waals surface area contributed by atoms with E-state index in [1.165, 1.54) is 5.56 Å². The molecule has 0 bridgehead atoms. The average Bonchev–Trinajstić information content (AvgIpc) is 3.04. The molecule has 0 fully saturated rings. The molecule has 0 amide bonds. The summed E-state index contributed by atoms with van der Waals surface area (Å²) in [6, 6.07) is 13.8. The van der Waals surface area contributed by atoms with Gasteiger partial charge in [0, 0.05) is 24.7 Å². The Kier molecular flexibility index (Phi) is 4.07. The van der Waals surface area contributed by atoms with Crippen LogP contribution in [0.5, 0.6) is 0 Å². The number of hydrogen-bond acceptors (Lipinski definition) is 6. The number of nitrogens with zero attached hydrogens (tertiary/aromatic N) is 3. The van der Waals surface area contributed by atoms with Crippen molar-refractivity contribution in [1.29, 1.82) is 0 Å². The van der Waals surface area contributed by atoms with Crippen LogP contribution in [0.2, 0.25) is 0 Å². The molecule has 6 nitrogen and oxygen atoms in total. The topological polar surface area (TPSA) is 83.0 Å². The molecule has 1 aromatic carbocycles. The molecule has 2 aromatic heterocycles. The lowest BCUT2D eigenvalue weighted by atomic mass is 10.0. The molecule has 0 radical (unpaired) electrons. The number of fused-ring (bicyclic) bond motifs is 2. The van der Waals surface area contributed by atoms with Gasteiger partial charge in [-0.1, -0.05) is 30.3 Å². The molecule has 27 heavy (non-hydrogen) atoms. The largest absolute Gasteiger partial charge is 0.390 e. The van der Waals surface area contributed by atoms with Gasteiger partial charge in [-0.15, -0.1) is 0 Å². The number of aromatic nitrogens is 3. The molecule has 0 saturated heterocycles. The number of aliphatic hydroxyl groups excluding tert-OH is 1. The van der Waals surface area contributed by atoms with Crippen LogP contribution in [0.3, 0.4) is 0 Å². The Morgan fingerprint density at radius 3 is 2.85 bits per heavy atom. The van der Waals surface area contributed by atoms with Gasteiger partial charge in [0.2, 0.25) is 0 Å². The van der Waals surface area contributed by atoms with Gasteiger partial charge in [-0.25, -0.2) is 9.97 Å². The van der Waals surface area contributed by atoms with Crippen molar-refractivity contribution in [2.45, 2.75) is 31.5 Å². The molecule has 0 unspecified atom stereocenters. The molecule has 3 aromatic rings. The minimum absolute atomic E-state index is 0.160. The van der Waals surface area contributed by atoms with Crippen molar-refractivity contribution in [1.82, 2.24) is 20.3 Å². The Balaban J connectivity index is 1.57. The van der Waals surface area contributed by atoms with Crippen LogP contribution in [0.15, 0.2) is 48.7 Å². The van der Waals surface area contributed by atoms with Gasteiger partial charge in [0.1, 0.15) is 11.5 Å². The highest BCUT2D eigenvalue weighted by Gasteiger charge is 2.32. The Bertz CT molecular complexity index is 976. The molecule has 3 heterocycles. The van der Waals surface area contributed by atoms with Crippen molar-refractivity contribution < 1.29 is 5.11 Å². The Hall–Kier alpha value is -2.83. The highest BCUT2D eigenvalue weighted by Crippen LogP contribution is 2.35. The lowest BCUT2D eigenvalue weighted by Gasteiger charge is -2.24. The van der Waals surface area contributed by atoms with Crippen molar-refractivity contribution in [2.24, 2.45) is 0 Å². The van der Waals surface area contributed by atoms with E-state index in [-0.39, 0.29) is 6.04 Å². The van der Waals surface area contributed by atoms with Crippen LogP contribution in [0, 0.1) is 0 Å². The highest BCUT2D eigenvalue weighted by atomic mass is 16.3. The summed E-state index contributed by atoms with van der Waals surface area (Å²) < 4.78 is 0. The van der Waals surface area contributed by atoms with Crippen LogP contribution in [-0.2, 0) is 19.4 Å². The molecule has 2 aliphatic rings. The predicted octanol–water partition coefficient (Wildman–Crippen LogP) is 2.25. The first kappa shape index (κ1) is 16.4. The molecule has 1 aliphatic heterocycles. The van der Waals surface area contributed by atoms with Crippen LogP contribution in [0.25, 0.3) is 11.5 Å². The molecule has 0 spiro atoms. The van der Waals surface area contributed by atoms with Crippen LogP contribution >= 0.6 is 0 Å². The first-order valence-corrected chi connectivity index (χ1v) is 9.34. The summed E-state index contributed by atoms with van der Waals surface area (Å²) >= 11 is 0. The van der Waals surface area contributed by atoms with E-state index in [0.29, 0.717) is 12.2 Å². The van der Waals surface area contributed by atoms with E-state index in [0.717, 1.165) is 47.8 Å². The molecule has 136 valence electrons. The van der Waals surface area contributed by atoms with Gasteiger partial charge >= 0.3 is 0 Å². The van der Waals surface area contributed by atoms with Gasteiger partial charge < -0.3 is 15.7 Å². The third-order valence-corrected chi connectivity index (χ3v) is 5.33. The standard InChI is InChI=1S/C21H21N5O/c27-18-11-13-5-1-2-6-14(13)19(18)25-20-15-8-10-22-12-17(15)24-21(26-20)16-7-3-4-9-23-16/h1-7,9,18-19,22,27H,8,10-12H2,(H,24,25,26)/t18-,19+/m0/s1. The van der Waals surface area contributed by atoms with E-state index in [1.54, 1.807) is 6.20 Å². The second kappa shape index (κ2) is 6.72. The summed E-state index contributed by atoms with van der Waals surface area (Å²) in [4.78, 5) is 13.9. The van der Waals surface area contributed by atoms with Crippen molar-refractivity contribution in [3.63, 3.8) is 0 Å². The predicted molar refractivity (Wildman–Crippen MR) is 103 cm³/mol. The molecule has 5 rings (SSSR count). The second-order valence-corrected chi connectivity index (χ2v) is 7.06. The molecule has 2 atom stereocenters. The van der Waals surface area contributed by atoms with Gasteiger partial charge in [-0.2, -0.15) is 0 Å². The van der Waals surface area contributed by atoms with E-state index >= 15 is 0 Å². The fraction of sp³-hybridized carbons (Fsp3) is 0.286. The van der Waals surface area contributed by atoms with E-state index < -0.39 is 6.10 Å². The number of nitrogens with one attached hydrogen (secondary N) is 2. The van der Waals surface area contributed by atoms with Gasteiger partial charge in [-0.05, 0) is 36.2 Å². The summed E-state index contributed by atoms with van der Waals surface area (Å²) in [6.07, 6.45) is 2.81. The number of rotatable bonds is 3. The minimum Gasteiger partial charge on any atom is -0.390 e. The van der Waals surface area contributed by atoms with Gasteiger partial charge in [-0.3, -0.25) is 4.98 Å². The number of hydrogen-bond donors (Lipinski definition) is 3. The first-order valence-electron chi connectivity index (χ1n) is 9.34. The van der Waals surface area contributed by atoms with E-state index in [4.69, 9.17) is 9.97 Å². The molecule has 1 aliphatic carbocycles. The van der Waals surface area contributed by atoms with Crippen molar-refractivity contribution in [3.8, 4) is 11.5 Å². The third-order valence-electron chi connectivity index (χ3n) is 5.33. The van der Waals surface area contributed by atoms with Crippen LogP contribution in [0.1, 0.15) is 28.4 Å². The monoisotopic (exact) mass is 359 g/mol. The molecular formula is C21H21N5O. The number of benzene rings is 1. The van der Waals surface area contributed by atoms with Gasteiger partial charge in [0.25, 0.3) is 0 Å². The molecule has 3 N–H and O–H groups in total. The molecular weight excluding hydrogens is 338 g/mol. The van der Waals surface area contributed by atoms with E-state index in [9.17, 15) is 5.11 Å². The lowest BCUT2D eigenvalue weighted by Crippen LogP contribution is -2.28. The van der Waals surface area contributed by atoms with Crippen molar-refractivity contribution >= 4 is 5.82 Å². The highest BCUT2D eigenvalue weighted by molar-refractivity contribution is 5.58. The van der Waals surface area contributed by atoms with Crippen molar-refractivity contribution in [2.75, 3.05) is 11.9 Å². The fourth-order valence-corrected chi connectivity index (χ4v) is 3.98. The summed E-state index contributed by atoms with van der Waals surface area (Å²) in [5, 5.41) is 17.5. The van der Waals surface area contributed by atoms with Crippen LogP contribution in [0.4, 0.5) is 5.82 Å². The molecule has 6 heteroatoms. The van der Waals surface area contributed by atoms with Crippen molar-refractivity contribution in [3.05, 3.63) is 71.0 Å². The van der Waals surface area contributed by atoms with Gasteiger partial charge in [0.15, 0.2) is 5.82 Å². The SMILES string of the molecule is O[C@H]1Cc2ccccc2[C@H]1Nc1nc(-c2ccccn2)nc2c1CCNC2. The minimum atomic E-state index is -0.465. The van der Waals surface area contributed by atoms with Gasteiger partial charge in [0.05, 0.1) is 17.8 Å². The zero-order valence-corrected chi connectivity index (χ0v) is 14.9. The van der Waals surface area contributed by atoms with Crippen LogP contribution in [-0.4, -0.2) is 32.7 Å². The Labute approximate surface area is 157 Å². The van der Waals surface area contributed by atoms with E-state index in [2.05, 4.69) is 27.8 Å². The smallest absolute Gasteiger partial charge is 0.180 e. The molecule has 0 saturated carbocycles. The summed E-state index contributed by atoms with van der Waals surface area (Å²) in [7, 11) is 0. The normalized spacial score (nSPS) is 20.8. The van der Waals surface area contributed by atoms with Crippen LogP contribution < -0.4 is 10.6 Å². The summed E-state index contributed by atoms with van der Waals surface area (Å²) in [5.41, 5.74) is 5.22. The number of aliphatic hydroxyl groups is 1. The lowest BCUT2D eigenvalue weighted by molar-refractivity contribution is 0.165. The zero-order valence-electron chi connectivity index (χ0n) is 14.9. The maximum Gasteiger partial charge on any atom is 0.180 e. The Morgan fingerprint density at radius 1 is 1.07 bits per heavy atom. The van der Waals surface area contributed by atoms with E-state index in [1.807, 2.05) is 30.3 Å². The summed E-state index contributed by atoms with van der Waals surface area (Å²) in [6.45, 7) is 1.62. The zero-order chi connectivity index (χ0) is 18.2. The third kappa shape index (κ3) is 2.97. The number of pyridine rings is 1.